The van der Waals surface area contributed by atoms with Gasteiger partial charge in [-0.1, -0.05) is 13.8 Å². The van der Waals surface area contributed by atoms with Gasteiger partial charge in [0.25, 0.3) is 0 Å². The number of benzene rings is 2. The summed E-state index contributed by atoms with van der Waals surface area (Å²) in [4.78, 5) is 89.4. The Morgan fingerprint density at radius 2 is 1.16 bits per heavy atom. The number of ether oxygens (including phenoxy) is 7. The molecular weight excluding hydrogens is 656 g/mol. The van der Waals surface area contributed by atoms with Gasteiger partial charge in [0.05, 0.1) is 7.11 Å². The highest BCUT2D eigenvalue weighted by Gasteiger charge is 2.46. The van der Waals surface area contributed by atoms with Gasteiger partial charge >= 0.3 is 29.8 Å². The standard InChI is InChI=1S/C36H42O14/c1-15(2)29(43)28-34(49-22(9)42)24(32(47-20(7)40)25-14-26(45-18(5)38)36(10,11)50-35(25)28)13-23-30(44-12)16(3)31(46-19(6)39)27(17(4)37)33(23)48-21(8)41/h15,26H,13-14H2,1-12H3. The minimum atomic E-state index is -1.21. The molecule has 0 N–H and O–H groups in total. The minimum absolute atomic E-state index is 0.00493. The second-order valence-electron chi connectivity index (χ2n) is 12.6. The summed E-state index contributed by atoms with van der Waals surface area (Å²) in [5.74, 6) is -6.86. The van der Waals surface area contributed by atoms with E-state index in [1.807, 2.05) is 0 Å². The lowest BCUT2D eigenvalue weighted by Gasteiger charge is -2.41. The van der Waals surface area contributed by atoms with Crippen LogP contribution in [0.25, 0.3) is 0 Å². The van der Waals surface area contributed by atoms with Crippen molar-refractivity contribution in [3.63, 3.8) is 0 Å². The van der Waals surface area contributed by atoms with E-state index in [-0.39, 0.29) is 74.3 Å². The van der Waals surface area contributed by atoms with E-state index in [0.29, 0.717) is 0 Å². The van der Waals surface area contributed by atoms with Crippen LogP contribution in [-0.2, 0) is 41.6 Å². The van der Waals surface area contributed by atoms with Gasteiger partial charge in [0.15, 0.2) is 28.8 Å². The molecule has 0 bridgehead atoms. The number of hydrogen-bond acceptors (Lipinski definition) is 14. The summed E-state index contributed by atoms with van der Waals surface area (Å²) >= 11 is 0. The van der Waals surface area contributed by atoms with Crippen LogP contribution >= 0.6 is 0 Å². The van der Waals surface area contributed by atoms with Crippen LogP contribution in [-0.4, -0.2) is 60.2 Å². The number of esters is 5. The molecule has 2 aromatic rings. The van der Waals surface area contributed by atoms with E-state index in [2.05, 4.69) is 0 Å². The molecule has 0 amide bonds. The van der Waals surface area contributed by atoms with Crippen LogP contribution in [0.15, 0.2) is 0 Å². The van der Waals surface area contributed by atoms with E-state index in [4.69, 9.17) is 33.2 Å². The Morgan fingerprint density at radius 1 is 0.700 bits per heavy atom. The molecule has 1 atom stereocenters. The lowest BCUT2D eigenvalue weighted by Crippen LogP contribution is -2.49. The number of rotatable bonds is 11. The molecule has 2 aromatic carbocycles. The lowest BCUT2D eigenvalue weighted by atomic mass is 9.83. The van der Waals surface area contributed by atoms with E-state index in [1.54, 1.807) is 27.7 Å². The van der Waals surface area contributed by atoms with Crippen molar-refractivity contribution in [1.82, 2.24) is 0 Å². The van der Waals surface area contributed by atoms with E-state index in [1.165, 1.54) is 27.9 Å². The summed E-state index contributed by atoms with van der Waals surface area (Å²) < 4.78 is 40.2. The van der Waals surface area contributed by atoms with Crippen molar-refractivity contribution in [2.75, 3.05) is 7.11 Å². The number of ketones is 2. The quantitative estimate of drug-likeness (QED) is 0.174. The molecule has 1 aliphatic heterocycles. The highest BCUT2D eigenvalue weighted by molar-refractivity contribution is 6.05. The molecule has 0 spiro atoms. The zero-order chi connectivity index (χ0) is 38.0. The second kappa shape index (κ2) is 15.1. The molecule has 3 rings (SSSR count). The van der Waals surface area contributed by atoms with Crippen molar-refractivity contribution in [2.24, 2.45) is 5.92 Å². The predicted molar refractivity (Wildman–Crippen MR) is 175 cm³/mol. The fourth-order valence-corrected chi connectivity index (χ4v) is 5.77. The van der Waals surface area contributed by atoms with Gasteiger partial charge in [-0.25, -0.2) is 0 Å². The van der Waals surface area contributed by atoms with Crippen LogP contribution in [0.1, 0.15) is 112 Å². The van der Waals surface area contributed by atoms with Gasteiger partial charge in [0, 0.05) is 75.6 Å². The molecule has 1 heterocycles. The van der Waals surface area contributed by atoms with Crippen LogP contribution in [0.2, 0.25) is 0 Å². The summed E-state index contributed by atoms with van der Waals surface area (Å²) in [5, 5.41) is 0. The molecule has 14 nitrogen and oxygen atoms in total. The SMILES string of the molecule is COc1c(C)c(OC(C)=O)c(C(C)=O)c(OC(C)=O)c1Cc1c(OC(C)=O)c2c(c(C(=O)C(C)C)c1OC(C)=O)OC(C)(C)C(OC(C)=O)C2. The predicted octanol–water partition coefficient (Wildman–Crippen LogP) is 4.98. The van der Waals surface area contributed by atoms with Crippen molar-refractivity contribution in [3.8, 4) is 34.5 Å². The van der Waals surface area contributed by atoms with Crippen LogP contribution in [0.3, 0.4) is 0 Å². The fraction of sp³-hybridized carbons (Fsp3) is 0.472. The highest BCUT2D eigenvalue weighted by Crippen LogP contribution is 2.53. The summed E-state index contributed by atoms with van der Waals surface area (Å²) in [6, 6.07) is 0. The van der Waals surface area contributed by atoms with E-state index in [9.17, 15) is 33.6 Å². The number of methoxy groups -OCH3 is 1. The van der Waals surface area contributed by atoms with Gasteiger partial charge in [0.2, 0.25) is 0 Å². The van der Waals surface area contributed by atoms with Gasteiger partial charge in [0.1, 0.15) is 40.1 Å². The first-order valence-electron chi connectivity index (χ1n) is 15.7. The Balaban J connectivity index is 2.68. The van der Waals surface area contributed by atoms with Crippen molar-refractivity contribution in [2.45, 2.75) is 101 Å². The third kappa shape index (κ3) is 8.12. The lowest BCUT2D eigenvalue weighted by molar-refractivity contribution is -0.158. The van der Waals surface area contributed by atoms with Crippen molar-refractivity contribution >= 4 is 41.4 Å². The van der Waals surface area contributed by atoms with E-state index >= 15 is 0 Å². The van der Waals surface area contributed by atoms with E-state index in [0.717, 1.165) is 27.7 Å². The first-order chi connectivity index (χ1) is 23.1. The number of carbonyl (C=O) groups is 7. The molecule has 270 valence electrons. The molecule has 1 unspecified atom stereocenters. The Hall–Kier alpha value is -5.27. The molecule has 0 saturated heterocycles. The van der Waals surface area contributed by atoms with Gasteiger partial charge in [-0.15, -0.1) is 0 Å². The summed E-state index contributed by atoms with van der Waals surface area (Å²) in [5.41, 5.74) is -1.38. The normalized spacial score (nSPS) is 14.5. The van der Waals surface area contributed by atoms with Crippen molar-refractivity contribution in [1.29, 1.82) is 0 Å². The maximum Gasteiger partial charge on any atom is 0.308 e. The summed E-state index contributed by atoms with van der Waals surface area (Å²) in [6.45, 7) is 14.9. The molecule has 0 saturated carbocycles. The van der Waals surface area contributed by atoms with Crippen molar-refractivity contribution < 1.29 is 66.7 Å². The highest BCUT2D eigenvalue weighted by atomic mass is 16.6. The van der Waals surface area contributed by atoms with Gasteiger partial charge < -0.3 is 33.2 Å². The van der Waals surface area contributed by atoms with Crippen molar-refractivity contribution in [3.05, 3.63) is 33.4 Å². The molecule has 0 aliphatic carbocycles. The first-order valence-corrected chi connectivity index (χ1v) is 15.7. The Bertz CT molecular complexity index is 1800. The molecule has 14 heteroatoms. The molecule has 1 aliphatic rings. The molecule has 50 heavy (non-hydrogen) atoms. The summed E-state index contributed by atoms with van der Waals surface area (Å²) in [6.07, 6.45) is -1.49. The monoisotopic (exact) mass is 698 g/mol. The van der Waals surface area contributed by atoms with Crippen LogP contribution in [0, 0.1) is 12.8 Å². The third-order valence-electron chi connectivity index (χ3n) is 7.74. The second-order valence-corrected chi connectivity index (χ2v) is 12.6. The topological polar surface area (TPSA) is 184 Å². The number of carbonyl (C=O) groups excluding carboxylic acids is 7. The van der Waals surface area contributed by atoms with Crippen LogP contribution in [0.5, 0.6) is 34.5 Å². The Labute approximate surface area is 289 Å². The molecule has 0 aromatic heterocycles. The molecular formula is C36H42O14. The number of hydrogen-bond donors (Lipinski definition) is 0. The largest absolute Gasteiger partial charge is 0.496 e. The Kier molecular flexibility index (Phi) is 11.8. The van der Waals surface area contributed by atoms with Gasteiger partial charge in [-0.2, -0.15) is 0 Å². The summed E-state index contributed by atoms with van der Waals surface area (Å²) in [7, 11) is 1.29. The maximum atomic E-state index is 14.1. The fourth-order valence-electron chi connectivity index (χ4n) is 5.77. The van der Waals surface area contributed by atoms with Crippen LogP contribution in [0.4, 0.5) is 0 Å². The molecule has 0 radical (unpaired) electrons. The zero-order valence-electron chi connectivity index (χ0n) is 30.3. The third-order valence-corrected chi connectivity index (χ3v) is 7.74. The smallest absolute Gasteiger partial charge is 0.308 e. The average molecular weight is 699 g/mol. The number of fused-ring (bicyclic) bond motifs is 1. The minimum Gasteiger partial charge on any atom is -0.496 e. The number of Topliss-reactive ketones (excluding diaryl/α,β-unsaturated/α-hetero) is 2. The molecule has 0 fully saturated rings. The van der Waals surface area contributed by atoms with E-state index < -0.39 is 65.5 Å². The Morgan fingerprint density at radius 3 is 1.60 bits per heavy atom. The van der Waals surface area contributed by atoms with Gasteiger partial charge in [-0.05, 0) is 27.7 Å². The zero-order valence-corrected chi connectivity index (χ0v) is 30.3. The first kappa shape index (κ1) is 39.2. The van der Waals surface area contributed by atoms with Crippen LogP contribution < -0.4 is 28.4 Å². The average Bonchev–Trinajstić information content (AvgIpc) is 2.96. The maximum absolute atomic E-state index is 14.1. The van der Waals surface area contributed by atoms with Gasteiger partial charge in [-0.3, -0.25) is 33.6 Å².